The minimum Gasteiger partial charge on any atom is -0.393 e. The standard InChI is InChI=1S/C13H22N2O3/c1-11(16)5-3-7-14-13(17)12-6-4-8-15(12)9-10-18-2/h4,6,8,11,16H,3,5,7,9-10H2,1-2H3,(H,14,17). The van der Waals surface area contributed by atoms with E-state index in [0.717, 1.165) is 6.42 Å². The number of methoxy groups -OCH3 is 1. The van der Waals surface area contributed by atoms with Crippen LogP contribution in [0.4, 0.5) is 0 Å². The molecule has 1 aromatic heterocycles. The van der Waals surface area contributed by atoms with Gasteiger partial charge in [-0.15, -0.1) is 0 Å². The molecular weight excluding hydrogens is 232 g/mol. The van der Waals surface area contributed by atoms with Gasteiger partial charge in [-0.2, -0.15) is 0 Å². The Kier molecular flexibility index (Phi) is 6.46. The third-order valence-corrected chi connectivity index (χ3v) is 2.68. The first kappa shape index (κ1) is 14.7. The van der Waals surface area contributed by atoms with Crippen LogP contribution in [-0.4, -0.2) is 41.9 Å². The number of carbonyl (C=O) groups is 1. The Balaban J connectivity index is 2.39. The van der Waals surface area contributed by atoms with Gasteiger partial charge in [-0.05, 0) is 31.9 Å². The van der Waals surface area contributed by atoms with Crippen LogP contribution < -0.4 is 5.32 Å². The fourth-order valence-corrected chi connectivity index (χ4v) is 1.69. The molecule has 0 aromatic carbocycles. The number of rotatable bonds is 8. The van der Waals surface area contributed by atoms with Crippen LogP contribution in [0.5, 0.6) is 0 Å². The van der Waals surface area contributed by atoms with Crippen molar-refractivity contribution in [1.29, 1.82) is 0 Å². The summed E-state index contributed by atoms with van der Waals surface area (Å²) in [6.45, 7) is 3.58. The molecule has 5 heteroatoms. The maximum Gasteiger partial charge on any atom is 0.267 e. The van der Waals surface area contributed by atoms with Crippen LogP contribution in [0.25, 0.3) is 0 Å². The molecule has 0 aliphatic rings. The summed E-state index contributed by atoms with van der Waals surface area (Å²) in [5, 5.41) is 12.0. The van der Waals surface area contributed by atoms with Crippen LogP contribution >= 0.6 is 0 Å². The highest BCUT2D eigenvalue weighted by molar-refractivity contribution is 5.92. The van der Waals surface area contributed by atoms with E-state index in [1.54, 1.807) is 20.1 Å². The predicted molar refractivity (Wildman–Crippen MR) is 69.6 cm³/mol. The van der Waals surface area contributed by atoms with Gasteiger partial charge in [0.15, 0.2) is 0 Å². The Morgan fingerprint density at radius 3 is 3.06 bits per heavy atom. The van der Waals surface area contributed by atoms with E-state index < -0.39 is 0 Å². The molecular formula is C13H22N2O3. The average molecular weight is 254 g/mol. The number of ether oxygens (including phenoxy) is 1. The van der Waals surface area contributed by atoms with Gasteiger partial charge in [0.2, 0.25) is 0 Å². The minimum atomic E-state index is -0.313. The molecule has 0 aliphatic heterocycles. The summed E-state index contributed by atoms with van der Waals surface area (Å²) in [5.41, 5.74) is 0.643. The number of aliphatic hydroxyl groups is 1. The molecule has 5 nitrogen and oxygen atoms in total. The SMILES string of the molecule is COCCn1cccc1C(=O)NCCCC(C)O. The fourth-order valence-electron chi connectivity index (χ4n) is 1.69. The largest absolute Gasteiger partial charge is 0.393 e. The molecule has 1 heterocycles. The van der Waals surface area contributed by atoms with E-state index in [2.05, 4.69) is 5.32 Å². The van der Waals surface area contributed by atoms with Crippen molar-refractivity contribution in [2.24, 2.45) is 0 Å². The highest BCUT2D eigenvalue weighted by Gasteiger charge is 2.09. The second-order valence-corrected chi connectivity index (χ2v) is 4.33. The van der Waals surface area contributed by atoms with E-state index in [9.17, 15) is 4.79 Å². The van der Waals surface area contributed by atoms with Gasteiger partial charge in [0.05, 0.1) is 12.7 Å². The van der Waals surface area contributed by atoms with E-state index >= 15 is 0 Å². The quantitative estimate of drug-likeness (QED) is 0.681. The molecule has 0 bridgehead atoms. The van der Waals surface area contributed by atoms with E-state index in [0.29, 0.717) is 31.8 Å². The van der Waals surface area contributed by atoms with Crippen LogP contribution in [0.2, 0.25) is 0 Å². The van der Waals surface area contributed by atoms with Gasteiger partial charge in [0.25, 0.3) is 5.91 Å². The zero-order valence-electron chi connectivity index (χ0n) is 11.1. The summed E-state index contributed by atoms with van der Waals surface area (Å²) in [5.74, 6) is -0.0818. The lowest BCUT2D eigenvalue weighted by Crippen LogP contribution is -2.27. The number of nitrogens with zero attached hydrogens (tertiary/aromatic N) is 1. The van der Waals surface area contributed by atoms with Gasteiger partial charge in [-0.3, -0.25) is 4.79 Å². The summed E-state index contributed by atoms with van der Waals surface area (Å²) in [4.78, 5) is 11.9. The molecule has 1 aromatic rings. The van der Waals surface area contributed by atoms with Gasteiger partial charge in [0, 0.05) is 26.4 Å². The van der Waals surface area contributed by atoms with Crippen molar-refractivity contribution in [2.45, 2.75) is 32.4 Å². The topological polar surface area (TPSA) is 63.5 Å². The third-order valence-electron chi connectivity index (χ3n) is 2.68. The van der Waals surface area contributed by atoms with Crippen molar-refractivity contribution in [3.8, 4) is 0 Å². The van der Waals surface area contributed by atoms with Gasteiger partial charge in [-0.1, -0.05) is 0 Å². The molecule has 0 radical (unpaired) electrons. The Hall–Kier alpha value is -1.33. The first-order valence-electron chi connectivity index (χ1n) is 6.25. The number of hydrogen-bond donors (Lipinski definition) is 2. The Morgan fingerprint density at radius 1 is 1.61 bits per heavy atom. The molecule has 1 amide bonds. The number of nitrogens with one attached hydrogen (secondary N) is 1. The smallest absolute Gasteiger partial charge is 0.267 e. The van der Waals surface area contributed by atoms with Crippen molar-refractivity contribution in [3.63, 3.8) is 0 Å². The summed E-state index contributed by atoms with van der Waals surface area (Å²) in [6.07, 6.45) is 3.03. The highest BCUT2D eigenvalue weighted by Crippen LogP contribution is 2.03. The zero-order valence-corrected chi connectivity index (χ0v) is 11.1. The molecule has 2 N–H and O–H groups in total. The Labute approximate surface area is 108 Å². The average Bonchev–Trinajstić information content (AvgIpc) is 2.79. The summed E-state index contributed by atoms with van der Waals surface area (Å²) in [7, 11) is 1.64. The van der Waals surface area contributed by atoms with Crippen molar-refractivity contribution < 1.29 is 14.6 Å². The molecule has 18 heavy (non-hydrogen) atoms. The Bertz CT molecular complexity index is 361. The van der Waals surface area contributed by atoms with E-state index in [1.165, 1.54) is 0 Å². The van der Waals surface area contributed by atoms with Crippen LogP contribution in [0.3, 0.4) is 0 Å². The number of aromatic nitrogens is 1. The molecule has 0 spiro atoms. The van der Waals surface area contributed by atoms with Crippen molar-refractivity contribution in [1.82, 2.24) is 9.88 Å². The summed E-state index contributed by atoms with van der Waals surface area (Å²) >= 11 is 0. The minimum absolute atomic E-state index is 0.0818. The number of carbonyl (C=O) groups excluding carboxylic acids is 1. The van der Waals surface area contributed by atoms with E-state index in [1.807, 2.05) is 16.8 Å². The van der Waals surface area contributed by atoms with Crippen LogP contribution in [0, 0.1) is 0 Å². The van der Waals surface area contributed by atoms with Crippen LogP contribution in [0.15, 0.2) is 18.3 Å². The zero-order chi connectivity index (χ0) is 13.4. The molecule has 1 rings (SSSR count). The maximum atomic E-state index is 11.9. The molecule has 0 saturated carbocycles. The molecule has 0 saturated heterocycles. The summed E-state index contributed by atoms with van der Waals surface area (Å²) < 4.78 is 6.86. The van der Waals surface area contributed by atoms with Gasteiger partial charge in [-0.25, -0.2) is 0 Å². The second-order valence-electron chi connectivity index (χ2n) is 4.33. The molecule has 1 atom stereocenters. The van der Waals surface area contributed by atoms with E-state index in [4.69, 9.17) is 9.84 Å². The van der Waals surface area contributed by atoms with Crippen LogP contribution in [0.1, 0.15) is 30.3 Å². The first-order valence-corrected chi connectivity index (χ1v) is 6.25. The number of hydrogen-bond acceptors (Lipinski definition) is 3. The van der Waals surface area contributed by atoms with E-state index in [-0.39, 0.29) is 12.0 Å². The predicted octanol–water partition coefficient (Wildman–Crippen LogP) is 1.03. The molecule has 0 aliphatic carbocycles. The van der Waals surface area contributed by atoms with Crippen LogP contribution in [-0.2, 0) is 11.3 Å². The maximum absolute atomic E-state index is 11.9. The van der Waals surface area contributed by atoms with Gasteiger partial charge >= 0.3 is 0 Å². The highest BCUT2D eigenvalue weighted by atomic mass is 16.5. The number of aliphatic hydroxyl groups excluding tert-OH is 1. The first-order chi connectivity index (χ1) is 8.65. The lowest BCUT2D eigenvalue weighted by molar-refractivity contribution is 0.0937. The Morgan fingerprint density at radius 2 is 2.39 bits per heavy atom. The second kappa shape index (κ2) is 7.89. The molecule has 1 unspecified atom stereocenters. The monoisotopic (exact) mass is 254 g/mol. The normalized spacial score (nSPS) is 12.4. The van der Waals surface area contributed by atoms with Gasteiger partial charge in [0.1, 0.15) is 5.69 Å². The van der Waals surface area contributed by atoms with Crippen molar-refractivity contribution in [2.75, 3.05) is 20.3 Å². The molecule has 102 valence electrons. The lowest BCUT2D eigenvalue weighted by atomic mass is 10.2. The molecule has 0 fully saturated rings. The third kappa shape index (κ3) is 4.89. The van der Waals surface area contributed by atoms with Crippen molar-refractivity contribution >= 4 is 5.91 Å². The van der Waals surface area contributed by atoms with Gasteiger partial charge < -0.3 is 19.7 Å². The fraction of sp³-hybridized carbons (Fsp3) is 0.615. The summed E-state index contributed by atoms with van der Waals surface area (Å²) in [6, 6.07) is 3.64. The number of amides is 1. The lowest BCUT2D eigenvalue weighted by Gasteiger charge is -2.09. The van der Waals surface area contributed by atoms with Crippen molar-refractivity contribution in [3.05, 3.63) is 24.0 Å².